The first-order chi connectivity index (χ1) is 9.74. The summed E-state index contributed by atoms with van der Waals surface area (Å²) in [6.45, 7) is 3.07. The minimum absolute atomic E-state index is 0.779. The summed E-state index contributed by atoms with van der Waals surface area (Å²) < 4.78 is 0. The summed E-state index contributed by atoms with van der Waals surface area (Å²) in [5.41, 5.74) is 4.92. The Morgan fingerprint density at radius 3 is 2.65 bits per heavy atom. The van der Waals surface area contributed by atoms with E-state index < -0.39 is 0 Å². The number of benzene rings is 2. The predicted octanol–water partition coefficient (Wildman–Crippen LogP) is 4.14. The van der Waals surface area contributed by atoms with Crippen LogP contribution in [-0.2, 0) is 6.42 Å². The second-order valence-corrected chi connectivity index (χ2v) is 5.57. The van der Waals surface area contributed by atoms with Crippen LogP contribution in [0.4, 0.5) is 11.4 Å². The van der Waals surface area contributed by atoms with Crippen molar-refractivity contribution in [3.63, 3.8) is 0 Å². The van der Waals surface area contributed by atoms with Crippen molar-refractivity contribution >= 4 is 28.7 Å². The molecule has 0 bridgehead atoms. The van der Waals surface area contributed by atoms with Crippen LogP contribution in [0.1, 0.15) is 17.5 Å². The lowest BCUT2D eigenvalue weighted by atomic mass is 10.0. The molecule has 0 saturated heterocycles. The number of para-hydroxylation sites is 1. The Morgan fingerprint density at radius 1 is 1.10 bits per heavy atom. The third-order valence-electron chi connectivity index (χ3n) is 3.66. The van der Waals surface area contributed by atoms with Crippen molar-refractivity contribution in [1.29, 1.82) is 0 Å². The zero-order valence-corrected chi connectivity index (χ0v) is 12.4. The van der Waals surface area contributed by atoms with Gasteiger partial charge in [0, 0.05) is 17.9 Å². The summed E-state index contributed by atoms with van der Waals surface area (Å²) in [5.74, 6) is 0. The fourth-order valence-electron chi connectivity index (χ4n) is 2.57. The molecule has 2 aromatic carbocycles. The van der Waals surface area contributed by atoms with Crippen LogP contribution in [-0.4, -0.2) is 11.7 Å². The molecule has 0 radical (unpaired) electrons. The van der Waals surface area contributed by atoms with Gasteiger partial charge in [0.2, 0.25) is 0 Å². The highest BCUT2D eigenvalue weighted by Crippen LogP contribution is 2.27. The van der Waals surface area contributed by atoms with Gasteiger partial charge in [-0.15, -0.1) is 0 Å². The summed E-state index contributed by atoms with van der Waals surface area (Å²) in [7, 11) is 0. The molecule has 0 aliphatic carbocycles. The summed E-state index contributed by atoms with van der Waals surface area (Å²) in [6.07, 6.45) is 2.28. The van der Waals surface area contributed by atoms with Gasteiger partial charge in [-0.05, 0) is 55.7 Å². The average molecular weight is 282 g/mol. The first-order valence-electron chi connectivity index (χ1n) is 6.97. The van der Waals surface area contributed by atoms with Crippen molar-refractivity contribution in [3.05, 3.63) is 59.7 Å². The zero-order valence-electron chi connectivity index (χ0n) is 11.6. The van der Waals surface area contributed by atoms with Gasteiger partial charge in [-0.25, -0.2) is 0 Å². The van der Waals surface area contributed by atoms with Gasteiger partial charge in [0.25, 0.3) is 0 Å². The van der Waals surface area contributed by atoms with Gasteiger partial charge >= 0.3 is 0 Å². The number of hydrogen-bond donors (Lipinski definition) is 1. The van der Waals surface area contributed by atoms with E-state index in [1.165, 1.54) is 16.8 Å². The number of fused-ring (bicyclic) bond motifs is 1. The van der Waals surface area contributed by atoms with Crippen LogP contribution in [0.3, 0.4) is 0 Å². The fourth-order valence-corrected chi connectivity index (χ4v) is 2.88. The van der Waals surface area contributed by atoms with E-state index in [1.54, 1.807) is 0 Å². The molecular weight excluding hydrogens is 264 g/mol. The second-order valence-electron chi connectivity index (χ2n) is 5.18. The molecule has 2 nitrogen and oxygen atoms in total. The van der Waals surface area contributed by atoms with Crippen molar-refractivity contribution in [2.24, 2.45) is 0 Å². The summed E-state index contributed by atoms with van der Waals surface area (Å²) in [5, 5.41) is 4.12. The van der Waals surface area contributed by atoms with E-state index in [-0.39, 0.29) is 0 Å². The van der Waals surface area contributed by atoms with Crippen molar-refractivity contribution in [2.45, 2.75) is 19.8 Å². The Kier molecular flexibility index (Phi) is 3.70. The molecule has 1 N–H and O–H groups in total. The number of hydrogen-bond acceptors (Lipinski definition) is 1. The third-order valence-corrected chi connectivity index (χ3v) is 3.98. The van der Waals surface area contributed by atoms with Crippen LogP contribution in [0.2, 0.25) is 0 Å². The maximum atomic E-state index is 5.58. The first kappa shape index (κ1) is 13.1. The van der Waals surface area contributed by atoms with Gasteiger partial charge in [0.1, 0.15) is 0 Å². The largest absolute Gasteiger partial charge is 0.332 e. The van der Waals surface area contributed by atoms with E-state index >= 15 is 0 Å². The molecule has 3 rings (SSSR count). The van der Waals surface area contributed by atoms with Crippen LogP contribution >= 0.6 is 12.2 Å². The monoisotopic (exact) mass is 282 g/mol. The zero-order chi connectivity index (χ0) is 13.9. The maximum Gasteiger partial charge on any atom is 0.177 e. The number of aryl methyl sites for hydroxylation is 2. The molecule has 3 heteroatoms. The first-order valence-corrected chi connectivity index (χ1v) is 7.38. The molecule has 0 atom stereocenters. The number of rotatable bonds is 1. The molecule has 2 aromatic rings. The minimum atomic E-state index is 0.779. The highest BCUT2D eigenvalue weighted by molar-refractivity contribution is 7.80. The maximum absolute atomic E-state index is 5.58. The molecule has 1 aliphatic heterocycles. The topological polar surface area (TPSA) is 15.3 Å². The van der Waals surface area contributed by atoms with E-state index in [4.69, 9.17) is 12.2 Å². The molecule has 20 heavy (non-hydrogen) atoms. The van der Waals surface area contributed by atoms with Crippen LogP contribution in [0, 0.1) is 6.92 Å². The molecule has 0 amide bonds. The molecule has 1 heterocycles. The Labute approximate surface area is 125 Å². The Hall–Kier alpha value is -1.87. The second kappa shape index (κ2) is 5.63. The molecule has 1 aliphatic rings. The normalized spacial score (nSPS) is 13.8. The van der Waals surface area contributed by atoms with Gasteiger partial charge in [-0.3, -0.25) is 0 Å². The van der Waals surface area contributed by atoms with E-state index in [9.17, 15) is 0 Å². The van der Waals surface area contributed by atoms with Gasteiger partial charge in [0.15, 0.2) is 5.11 Å². The van der Waals surface area contributed by atoms with Crippen LogP contribution in [0.25, 0.3) is 0 Å². The summed E-state index contributed by atoms with van der Waals surface area (Å²) in [6, 6.07) is 16.8. The molecule has 0 fully saturated rings. The van der Waals surface area contributed by atoms with E-state index in [0.29, 0.717) is 0 Å². The number of anilines is 2. The fraction of sp³-hybridized carbons (Fsp3) is 0.235. The lowest BCUT2D eigenvalue weighted by Crippen LogP contribution is -2.38. The number of thiocarbonyl (C=S) groups is 1. The lowest BCUT2D eigenvalue weighted by molar-refractivity contribution is 0.781. The molecule has 0 aromatic heterocycles. The summed E-state index contributed by atoms with van der Waals surface area (Å²) in [4.78, 5) is 2.20. The van der Waals surface area contributed by atoms with Crippen LogP contribution < -0.4 is 10.2 Å². The Balaban J connectivity index is 1.80. The third kappa shape index (κ3) is 2.68. The van der Waals surface area contributed by atoms with Crippen molar-refractivity contribution in [1.82, 2.24) is 0 Å². The SMILES string of the molecule is Cc1ccc(NC(=S)N2CCCc3ccccc32)cc1. The van der Waals surface area contributed by atoms with Gasteiger partial charge < -0.3 is 10.2 Å². The van der Waals surface area contributed by atoms with E-state index in [0.717, 1.165) is 30.2 Å². The molecule has 0 spiro atoms. The standard InChI is InChI=1S/C17H18N2S/c1-13-8-10-15(11-9-13)18-17(20)19-12-4-6-14-5-2-3-7-16(14)19/h2-3,5,7-11H,4,6,12H2,1H3,(H,18,20). The van der Waals surface area contributed by atoms with E-state index in [2.05, 4.69) is 65.7 Å². The van der Waals surface area contributed by atoms with Crippen molar-refractivity contribution in [2.75, 3.05) is 16.8 Å². The van der Waals surface area contributed by atoms with Crippen molar-refractivity contribution < 1.29 is 0 Å². The summed E-state index contributed by atoms with van der Waals surface area (Å²) >= 11 is 5.58. The molecule has 0 unspecified atom stereocenters. The smallest absolute Gasteiger partial charge is 0.177 e. The molecule has 0 saturated carbocycles. The van der Waals surface area contributed by atoms with Gasteiger partial charge in [-0.1, -0.05) is 35.9 Å². The van der Waals surface area contributed by atoms with Crippen molar-refractivity contribution in [3.8, 4) is 0 Å². The van der Waals surface area contributed by atoms with E-state index in [1.807, 2.05) is 0 Å². The van der Waals surface area contributed by atoms with Crippen LogP contribution in [0.5, 0.6) is 0 Å². The number of nitrogens with zero attached hydrogens (tertiary/aromatic N) is 1. The van der Waals surface area contributed by atoms with Crippen LogP contribution in [0.15, 0.2) is 48.5 Å². The predicted molar refractivity (Wildman–Crippen MR) is 89.5 cm³/mol. The quantitative estimate of drug-likeness (QED) is 0.791. The molecule has 102 valence electrons. The van der Waals surface area contributed by atoms with Gasteiger partial charge in [0.05, 0.1) is 0 Å². The Bertz CT molecular complexity index is 619. The average Bonchev–Trinajstić information content (AvgIpc) is 2.49. The number of nitrogens with one attached hydrogen (secondary N) is 1. The highest BCUT2D eigenvalue weighted by Gasteiger charge is 2.19. The minimum Gasteiger partial charge on any atom is -0.332 e. The molecular formula is C17H18N2S. The Morgan fingerprint density at radius 2 is 1.85 bits per heavy atom. The highest BCUT2D eigenvalue weighted by atomic mass is 32.1. The lowest BCUT2D eigenvalue weighted by Gasteiger charge is -2.31. The van der Waals surface area contributed by atoms with Gasteiger partial charge in [-0.2, -0.15) is 0 Å².